The molecule has 0 amide bonds. The molecule has 1 unspecified atom stereocenters. The lowest BCUT2D eigenvalue weighted by molar-refractivity contribution is 0.199. The topological polar surface area (TPSA) is 70.5 Å². The molecule has 1 aliphatic heterocycles. The zero-order valence-electron chi connectivity index (χ0n) is 17.0. The van der Waals surface area contributed by atoms with Crippen molar-refractivity contribution in [3.63, 3.8) is 0 Å². The standard InChI is InChI=1S/C23H26N4O2/c1-15(2)29-21-10-6-19(7-11-21)25-23-24-14-18-12-13-27(22(18)26-23)20-8-4-17(5-9-20)16(3)28/h4-11,14-16,28H,12-13H2,1-3H3,(H,24,25,26). The predicted octanol–water partition coefficient (Wildman–Crippen LogP) is 4.75. The highest BCUT2D eigenvalue weighted by Gasteiger charge is 2.23. The molecule has 1 atom stereocenters. The van der Waals surface area contributed by atoms with E-state index in [2.05, 4.69) is 15.2 Å². The Hall–Kier alpha value is -3.12. The van der Waals surface area contributed by atoms with Gasteiger partial charge < -0.3 is 20.1 Å². The number of hydrogen-bond donors (Lipinski definition) is 2. The van der Waals surface area contributed by atoms with Crippen LogP contribution in [0.15, 0.2) is 54.7 Å². The maximum Gasteiger partial charge on any atom is 0.229 e. The average Bonchev–Trinajstić information content (AvgIpc) is 3.12. The molecule has 6 heteroatoms. The molecule has 4 rings (SSSR count). The van der Waals surface area contributed by atoms with Crippen molar-refractivity contribution in [2.24, 2.45) is 0 Å². The maximum atomic E-state index is 9.72. The zero-order chi connectivity index (χ0) is 20.4. The fourth-order valence-corrected chi connectivity index (χ4v) is 3.41. The molecule has 0 aliphatic carbocycles. The Morgan fingerprint density at radius 1 is 1.03 bits per heavy atom. The molecule has 0 saturated heterocycles. The van der Waals surface area contributed by atoms with E-state index < -0.39 is 6.10 Å². The first kappa shape index (κ1) is 19.2. The first-order valence-electron chi connectivity index (χ1n) is 9.95. The summed E-state index contributed by atoms with van der Waals surface area (Å²) in [7, 11) is 0. The largest absolute Gasteiger partial charge is 0.491 e. The van der Waals surface area contributed by atoms with Crippen molar-refractivity contribution in [1.29, 1.82) is 0 Å². The minimum atomic E-state index is -0.467. The molecule has 29 heavy (non-hydrogen) atoms. The van der Waals surface area contributed by atoms with Crippen LogP contribution in [0.3, 0.4) is 0 Å². The van der Waals surface area contributed by atoms with Crippen LogP contribution in [0.5, 0.6) is 5.75 Å². The van der Waals surface area contributed by atoms with Crippen LogP contribution in [-0.4, -0.2) is 27.7 Å². The summed E-state index contributed by atoms with van der Waals surface area (Å²) in [4.78, 5) is 11.4. The molecule has 2 heterocycles. The van der Waals surface area contributed by atoms with Crippen LogP contribution < -0.4 is 15.0 Å². The van der Waals surface area contributed by atoms with Crippen LogP contribution in [0.2, 0.25) is 0 Å². The highest BCUT2D eigenvalue weighted by molar-refractivity contribution is 5.68. The number of hydrogen-bond acceptors (Lipinski definition) is 6. The van der Waals surface area contributed by atoms with Gasteiger partial charge >= 0.3 is 0 Å². The fourth-order valence-electron chi connectivity index (χ4n) is 3.41. The smallest absolute Gasteiger partial charge is 0.229 e. The van der Waals surface area contributed by atoms with Crippen LogP contribution in [0, 0.1) is 0 Å². The first-order chi connectivity index (χ1) is 14.0. The Kier molecular flexibility index (Phi) is 5.36. The number of rotatable bonds is 6. The Labute approximate surface area is 171 Å². The molecule has 0 bridgehead atoms. The number of benzene rings is 2. The Morgan fingerprint density at radius 3 is 2.41 bits per heavy atom. The molecular weight excluding hydrogens is 364 g/mol. The minimum absolute atomic E-state index is 0.148. The van der Waals surface area contributed by atoms with Crippen molar-refractivity contribution in [2.75, 3.05) is 16.8 Å². The van der Waals surface area contributed by atoms with Crippen molar-refractivity contribution < 1.29 is 9.84 Å². The number of aliphatic hydroxyl groups is 1. The number of nitrogens with zero attached hydrogens (tertiary/aromatic N) is 3. The highest BCUT2D eigenvalue weighted by Crippen LogP contribution is 2.34. The number of aliphatic hydroxyl groups excluding tert-OH is 1. The average molecular weight is 390 g/mol. The lowest BCUT2D eigenvalue weighted by atomic mass is 10.1. The van der Waals surface area contributed by atoms with Crippen LogP contribution in [0.1, 0.15) is 38.0 Å². The van der Waals surface area contributed by atoms with Gasteiger partial charge in [0.15, 0.2) is 0 Å². The summed E-state index contributed by atoms with van der Waals surface area (Å²) >= 11 is 0. The Bertz CT molecular complexity index is 969. The van der Waals surface area contributed by atoms with E-state index >= 15 is 0 Å². The van der Waals surface area contributed by atoms with Crippen molar-refractivity contribution in [2.45, 2.75) is 39.4 Å². The first-order valence-corrected chi connectivity index (χ1v) is 9.95. The van der Waals surface area contributed by atoms with Gasteiger partial charge in [-0.3, -0.25) is 0 Å². The summed E-state index contributed by atoms with van der Waals surface area (Å²) in [5.74, 6) is 2.33. The SMILES string of the molecule is CC(C)Oc1ccc(Nc2ncc3c(n2)N(c2ccc(C(C)O)cc2)CC3)cc1. The fraction of sp³-hybridized carbons (Fsp3) is 0.304. The molecular formula is C23H26N4O2. The summed E-state index contributed by atoms with van der Waals surface area (Å²) in [5.41, 5.74) is 4.01. The molecule has 0 saturated carbocycles. The van der Waals surface area contributed by atoms with Gasteiger partial charge in [0.1, 0.15) is 11.6 Å². The summed E-state index contributed by atoms with van der Waals surface area (Å²) in [6.45, 7) is 6.65. The van der Waals surface area contributed by atoms with Crippen LogP contribution in [-0.2, 0) is 6.42 Å². The summed E-state index contributed by atoms with van der Waals surface area (Å²) in [5, 5.41) is 13.0. The van der Waals surface area contributed by atoms with Crippen LogP contribution >= 0.6 is 0 Å². The molecule has 1 aliphatic rings. The van der Waals surface area contributed by atoms with E-state index in [9.17, 15) is 5.11 Å². The van der Waals surface area contributed by atoms with E-state index in [0.717, 1.165) is 47.0 Å². The van der Waals surface area contributed by atoms with E-state index in [-0.39, 0.29) is 6.10 Å². The molecule has 0 fully saturated rings. The second-order valence-electron chi connectivity index (χ2n) is 7.53. The van der Waals surface area contributed by atoms with Gasteiger partial charge in [0.25, 0.3) is 0 Å². The van der Waals surface area contributed by atoms with Crippen LogP contribution in [0.25, 0.3) is 0 Å². The van der Waals surface area contributed by atoms with Gasteiger partial charge in [-0.2, -0.15) is 4.98 Å². The van der Waals surface area contributed by atoms with Crippen molar-refractivity contribution >= 4 is 23.1 Å². The van der Waals surface area contributed by atoms with Gasteiger partial charge in [-0.1, -0.05) is 12.1 Å². The Balaban J connectivity index is 1.53. The van der Waals surface area contributed by atoms with E-state index in [1.807, 2.05) is 68.6 Å². The molecule has 150 valence electrons. The molecule has 0 radical (unpaired) electrons. The lowest BCUT2D eigenvalue weighted by Crippen LogP contribution is -2.15. The lowest BCUT2D eigenvalue weighted by Gasteiger charge is -2.19. The van der Waals surface area contributed by atoms with Gasteiger partial charge in [0, 0.05) is 29.7 Å². The third-order valence-electron chi connectivity index (χ3n) is 4.87. The number of nitrogens with one attached hydrogen (secondary N) is 1. The van der Waals surface area contributed by atoms with Crippen molar-refractivity contribution in [1.82, 2.24) is 9.97 Å². The molecule has 2 N–H and O–H groups in total. The second kappa shape index (κ2) is 8.09. The van der Waals surface area contributed by atoms with Crippen molar-refractivity contribution in [3.05, 3.63) is 65.9 Å². The summed E-state index contributed by atoms with van der Waals surface area (Å²) in [6, 6.07) is 15.8. The molecule has 1 aromatic heterocycles. The molecule has 6 nitrogen and oxygen atoms in total. The Morgan fingerprint density at radius 2 is 1.76 bits per heavy atom. The number of ether oxygens (including phenoxy) is 1. The number of fused-ring (bicyclic) bond motifs is 1. The normalized spacial score (nSPS) is 14.0. The summed E-state index contributed by atoms with van der Waals surface area (Å²) < 4.78 is 5.68. The van der Waals surface area contributed by atoms with Gasteiger partial charge in [-0.15, -0.1) is 0 Å². The third kappa shape index (κ3) is 4.32. The van der Waals surface area contributed by atoms with E-state index in [4.69, 9.17) is 9.72 Å². The quantitative estimate of drug-likeness (QED) is 0.633. The van der Waals surface area contributed by atoms with Crippen molar-refractivity contribution in [3.8, 4) is 5.75 Å². The molecule has 2 aromatic carbocycles. The van der Waals surface area contributed by atoms with Gasteiger partial charge in [0.05, 0.1) is 12.2 Å². The van der Waals surface area contributed by atoms with Gasteiger partial charge in [0.2, 0.25) is 5.95 Å². The molecule has 0 spiro atoms. The van der Waals surface area contributed by atoms with E-state index in [1.165, 1.54) is 0 Å². The second-order valence-corrected chi connectivity index (χ2v) is 7.53. The predicted molar refractivity (Wildman–Crippen MR) is 115 cm³/mol. The van der Waals surface area contributed by atoms with E-state index in [0.29, 0.717) is 5.95 Å². The zero-order valence-corrected chi connectivity index (χ0v) is 17.0. The third-order valence-corrected chi connectivity index (χ3v) is 4.87. The van der Waals surface area contributed by atoms with Crippen LogP contribution in [0.4, 0.5) is 23.1 Å². The summed E-state index contributed by atoms with van der Waals surface area (Å²) in [6.07, 6.45) is 2.49. The monoisotopic (exact) mass is 390 g/mol. The highest BCUT2D eigenvalue weighted by atomic mass is 16.5. The number of aromatic nitrogens is 2. The minimum Gasteiger partial charge on any atom is -0.491 e. The number of anilines is 4. The van der Waals surface area contributed by atoms with Gasteiger partial charge in [-0.05, 0) is 69.2 Å². The molecule has 3 aromatic rings. The maximum absolute atomic E-state index is 9.72. The van der Waals surface area contributed by atoms with E-state index in [1.54, 1.807) is 6.92 Å². The van der Waals surface area contributed by atoms with Gasteiger partial charge in [-0.25, -0.2) is 4.98 Å².